The molecule has 152 valence electrons. The van der Waals surface area contributed by atoms with Gasteiger partial charge < -0.3 is 10.2 Å². The highest BCUT2D eigenvalue weighted by Crippen LogP contribution is 2.31. The van der Waals surface area contributed by atoms with Gasteiger partial charge in [0, 0.05) is 17.1 Å². The van der Waals surface area contributed by atoms with Crippen LogP contribution < -0.4 is 10.2 Å². The molecule has 0 aliphatic carbocycles. The third kappa shape index (κ3) is 4.45. The fourth-order valence-corrected chi connectivity index (χ4v) is 4.57. The van der Waals surface area contributed by atoms with Crippen molar-refractivity contribution in [1.82, 2.24) is 5.32 Å². The Kier molecular flexibility index (Phi) is 5.97. The lowest BCUT2D eigenvalue weighted by Crippen LogP contribution is -2.38. The van der Waals surface area contributed by atoms with Gasteiger partial charge in [-0.25, -0.2) is 0 Å². The van der Waals surface area contributed by atoms with E-state index in [4.69, 9.17) is 11.6 Å². The largest absolute Gasteiger partial charge is 0.348 e. The molecule has 0 spiro atoms. The van der Waals surface area contributed by atoms with E-state index in [2.05, 4.69) is 5.32 Å². The average Bonchev–Trinajstić information content (AvgIpc) is 2.76. The first-order chi connectivity index (χ1) is 14.5. The number of hydrogen-bond donors (Lipinski definition) is 1. The number of halogens is 1. The van der Waals surface area contributed by atoms with Crippen molar-refractivity contribution >= 4 is 39.9 Å². The van der Waals surface area contributed by atoms with Gasteiger partial charge in [0.15, 0.2) is 0 Å². The van der Waals surface area contributed by atoms with Crippen LogP contribution in [0.3, 0.4) is 0 Å². The van der Waals surface area contributed by atoms with Crippen LogP contribution >= 0.6 is 11.6 Å². The van der Waals surface area contributed by atoms with Crippen LogP contribution in [0.15, 0.2) is 77.7 Å². The molecule has 3 aromatic carbocycles. The number of carbonyl (C=O) groups is 2. The van der Waals surface area contributed by atoms with Crippen LogP contribution in [0.25, 0.3) is 0 Å². The molecule has 0 fully saturated rings. The molecule has 7 heteroatoms. The lowest BCUT2D eigenvalue weighted by Gasteiger charge is -2.29. The zero-order chi connectivity index (χ0) is 21.1. The molecule has 1 aliphatic heterocycles. The maximum Gasteiger partial charge on any atom is 0.251 e. The smallest absolute Gasteiger partial charge is 0.251 e. The molecule has 0 saturated heterocycles. The number of anilines is 1. The van der Waals surface area contributed by atoms with Gasteiger partial charge in [-0.3, -0.25) is 13.8 Å². The second-order valence-electron chi connectivity index (χ2n) is 6.95. The van der Waals surface area contributed by atoms with Gasteiger partial charge in [-0.2, -0.15) is 0 Å². The molecule has 0 aromatic heterocycles. The number of carbonyl (C=O) groups excluding carboxylic acids is 2. The summed E-state index contributed by atoms with van der Waals surface area (Å²) < 4.78 is 12.5. The van der Waals surface area contributed by atoms with E-state index < -0.39 is 10.8 Å². The predicted molar refractivity (Wildman–Crippen MR) is 118 cm³/mol. The summed E-state index contributed by atoms with van der Waals surface area (Å²) in [5.74, 6) is -0.560. The first-order valence-corrected chi connectivity index (χ1v) is 11.1. The summed E-state index contributed by atoms with van der Waals surface area (Å²) in [5.41, 5.74) is 2.80. The fourth-order valence-electron chi connectivity index (χ4n) is 3.29. The molecule has 0 saturated carbocycles. The number of amides is 2. The Bertz CT molecular complexity index is 1120. The molecule has 1 aliphatic rings. The van der Waals surface area contributed by atoms with E-state index in [-0.39, 0.29) is 17.6 Å². The number of nitrogens with one attached hydrogen (secondary N) is 1. The third-order valence-corrected chi connectivity index (χ3v) is 6.46. The van der Waals surface area contributed by atoms with E-state index in [9.17, 15) is 13.8 Å². The van der Waals surface area contributed by atoms with Crippen LogP contribution in [-0.2, 0) is 28.7 Å². The zero-order valence-electron chi connectivity index (χ0n) is 16.0. The van der Waals surface area contributed by atoms with Gasteiger partial charge in [0.1, 0.15) is 5.75 Å². The molecule has 0 bridgehead atoms. The molecule has 5 nitrogen and oxygen atoms in total. The third-order valence-electron chi connectivity index (χ3n) is 4.86. The van der Waals surface area contributed by atoms with Crippen molar-refractivity contribution in [2.75, 3.05) is 10.7 Å². The molecular weight excluding hydrogens is 420 g/mol. The molecule has 3 aromatic rings. The van der Waals surface area contributed by atoms with Crippen LogP contribution in [0.5, 0.6) is 0 Å². The van der Waals surface area contributed by atoms with Crippen LogP contribution in [-0.4, -0.2) is 21.8 Å². The Hall–Kier alpha value is -2.96. The summed E-state index contributed by atoms with van der Waals surface area (Å²) in [4.78, 5) is 27.4. The van der Waals surface area contributed by atoms with Gasteiger partial charge >= 0.3 is 0 Å². The minimum absolute atomic E-state index is 0.0693. The molecule has 30 heavy (non-hydrogen) atoms. The SMILES string of the molecule is O=C(NCc1ccccc1)c1ccc2c(c1)N(Cc1ccc(Cl)cc1)C(=O)C[S@@]2=O. The first-order valence-electron chi connectivity index (χ1n) is 9.40. The summed E-state index contributed by atoms with van der Waals surface area (Å²) in [6.07, 6.45) is 0. The van der Waals surface area contributed by atoms with Crippen molar-refractivity contribution in [2.24, 2.45) is 0 Å². The summed E-state index contributed by atoms with van der Waals surface area (Å²) >= 11 is 5.95. The molecular formula is C23H19ClN2O3S. The zero-order valence-corrected chi connectivity index (χ0v) is 17.6. The highest BCUT2D eigenvalue weighted by molar-refractivity contribution is 7.86. The summed E-state index contributed by atoms with van der Waals surface area (Å²) in [5, 5.41) is 3.50. The normalized spacial score (nSPS) is 15.6. The van der Waals surface area contributed by atoms with Crippen molar-refractivity contribution < 1.29 is 13.8 Å². The number of hydrogen-bond acceptors (Lipinski definition) is 3. The molecule has 1 N–H and O–H groups in total. The number of nitrogens with zero attached hydrogens (tertiary/aromatic N) is 1. The van der Waals surface area contributed by atoms with Gasteiger partial charge in [-0.15, -0.1) is 0 Å². The fraction of sp³-hybridized carbons (Fsp3) is 0.130. The van der Waals surface area contributed by atoms with E-state index in [0.29, 0.717) is 34.3 Å². The monoisotopic (exact) mass is 438 g/mol. The molecule has 4 rings (SSSR count). The molecule has 0 unspecified atom stereocenters. The van der Waals surface area contributed by atoms with Crippen LogP contribution in [0.1, 0.15) is 21.5 Å². The van der Waals surface area contributed by atoms with E-state index >= 15 is 0 Å². The molecule has 1 atom stereocenters. The lowest BCUT2D eigenvalue weighted by atomic mass is 10.1. The highest BCUT2D eigenvalue weighted by atomic mass is 35.5. The van der Waals surface area contributed by atoms with Crippen molar-refractivity contribution in [3.63, 3.8) is 0 Å². The number of rotatable bonds is 5. The summed E-state index contributed by atoms with van der Waals surface area (Å²) in [6.45, 7) is 0.714. The van der Waals surface area contributed by atoms with Crippen molar-refractivity contribution in [1.29, 1.82) is 0 Å². The Morgan fingerprint density at radius 3 is 2.47 bits per heavy atom. The Morgan fingerprint density at radius 2 is 1.73 bits per heavy atom. The quantitative estimate of drug-likeness (QED) is 0.656. The van der Waals surface area contributed by atoms with Crippen LogP contribution in [0, 0.1) is 0 Å². The molecule has 1 heterocycles. The van der Waals surface area contributed by atoms with Gasteiger partial charge in [0.05, 0.1) is 27.9 Å². The average molecular weight is 439 g/mol. The second-order valence-corrected chi connectivity index (χ2v) is 8.80. The highest BCUT2D eigenvalue weighted by Gasteiger charge is 2.30. The minimum atomic E-state index is -1.43. The first kappa shape index (κ1) is 20.3. The Labute approximate surface area is 182 Å². The molecule has 0 radical (unpaired) electrons. The van der Waals surface area contributed by atoms with Crippen LogP contribution in [0.4, 0.5) is 5.69 Å². The summed E-state index contributed by atoms with van der Waals surface area (Å²) in [6, 6.07) is 21.8. The van der Waals surface area contributed by atoms with E-state index in [1.54, 1.807) is 35.2 Å². The maximum atomic E-state index is 12.7. The van der Waals surface area contributed by atoms with Crippen molar-refractivity contribution in [2.45, 2.75) is 18.0 Å². The Morgan fingerprint density at radius 1 is 1.00 bits per heavy atom. The van der Waals surface area contributed by atoms with Crippen LogP contribution in [0.2, 0.25) is 5.02 Å². The number of benzene rings is 3. The van der Waals surface area contributed by atoms with Crippen molar-refractivity contribution in [3.05, 3.63) is 94.5 Å². The van der Waals surface area contributed by atoms with Gasteiger partial charge in [-0.1, -0.05) is 54.1 Å². The predicted octanol–water partition coefficient (Wildman–Crippen LogP) is 3.92. The van der Waals surface area contributed by atoms with E-state index in [1.807, 2.05) is 42.5 Å². The topological polar surface area (TPSA) is 66.5 Å². The minimum Gasteiger partial charge on any atom is -0.348 e. The van der Waals surface area contributed by atoms with E-state index in [1.165, 1.54) is 0 Å². The summed E-state index contributed by atoms with van der Waals surface area (Å²) in [7, 11) is -1.43. The number of fused-ring (bicyclic) bond motifs is 1. The maximum absolute atomic E-state index is 12.7. The van der Waals surface area contributed by atoms with Gasteiger partial charge in [0.25, 0.3) is 5.91 Å². The van der Waals surface area contributed by atoms with Crippen molar-refractivity contribution in [3.8, 4) is 0 Å². The van der Waals surface area contributed by atoms with Gasteiger partial charge in [-0.05, 0) is 41.5 Å². The van der Waals surface area contributed by atoms with Gasteiger partial charge in [0.2, 0.25) is 5.91 Å². The Balaban J connectivity index is 1.59. The lowest BCUT2D eigenvalue weighted by molar-refractivity contribution is -0.116. The standard InChI is InChI=1S/C23H19ClN2O3S/c24-19-9-6-17(7-10-19)14-26-20-12-18(8-11-21(20)30(29)15-22(26)27)23(28)25-13-16-4-2-1-3-5-16/h1-12H,13-15H2,(H,25,28)/t30-/m0/s1. The second kappa shape index (κ2) is 8.81. The molecule has 2 amide bonds. The van der Waals surface area contributed by atoms with E-state index in [0.717, 1.165) is 11.1 Å².